The van der Waals surface area contributed by atoms with Crippen molar-refractivity contribution < 1.29 is 0 Å². The van der Waals surface area contributed by atoms with Crippen LogP contribution in [0.1, 0.15) is 345 Å². The molecule has 0 aliphatic heterocycles. The van der Waals surface area contributed by atoms with Crippen molar-refractivity contribution in [2.45, 2.75) is 327 Å². The van der Waals surface area contributed by atoms with Crippen molar-refractivity contribution in [3.63, 3.8) is 0 Å². The maximum Gasteiger partial charge on any atom is 0.0221 e. The molecule has 414 valence electrons. The van der Waals surface area contributed by atoms with Crippen molar-refractivity contribution in [1.82, 2.24) is 0 Å². The third-order valence-electron chi connectivity index (χ3n) is 19.8. The lowest BCUT2D eigenvalue weighted by atomic mass is 9.63. The van der Waals surface area contributed by atoms with E-state index in [4.69, 9.17) is 0 Å². The Morgan fingerprint density at radius 2 is 0.387 bits per heavy atom. The summed E-state index contributed by atoms with van der Waals surface area (Å²) in [4.78, 5) is 0. The Balaban J connectivity index is 1.55. The second-order valence-corrected chi connectivity index (χ2v) is 25.2. The highest BCUT2D eigenvalue weighted by Gasteiger charge is 2.57. The fourth-order valence-electron chi connectivity index (χ4n) is 15.9. The van der Waals surface area contributed by atoms with E-state index in [9.17, 15) is 0 Å². The first-order valence-corrected chi connectivity index (χ1v) is 33.6. The minimum atomic E-state index is 0.0187. The summed E-state index contributed by atoms with van der Waals surface area (Å²) >= 11 is 0. The van der Waals surface area contributed by atoms with Crippen molar-refractivity contribution in [3.8, 4) is 33.4 Å². The van der Waals surface area contributed by atoms with E-state index in [-0.39, 0.29) is 16.2 Å². The summed E-state index contributed by atoms with van der Waals surface area (Å²) in [5, 5.41) is 0. The summed E-state index contributed by atoms with van der Waals surface area (Å²) in [6, 6.07) is 30.8. The molecule has 0 atom stereocenters. The average Bonchev–Trinajstić information content (AvgIpc) is 4.22. The number of rotatable bonds is 42. The lowest BCUT2D eigenvalue weighted by Crippen LogP contribution is -2.31. The lowest BCUT2D eigenvalue weighted by Gasteiger charge is -2.39. The van der Waals surface area contributed by atoms with Crippen LogP contribution in [0.15, 0.2) is 72.8 Å². The summed E-state index contributed by atoms with van der Waals surface area (Å²) < 4.78 is 0. The molecule has 7 rings (SSSR count). The van der Waals surface area contributed by atoms with Crippen LogP contribution in [-0.4, -0.2) is 0 Å². The van der Waals surface area contributed by atoms with Gasteiger partial charge in [0.2, 0.25) is 0 Å². The molecule has 4 aromatic carbocycles. The van der Waals surface area contributed by atoms with Crippen molar-refractivity contribution in [3.05, 3.63) is 106 Å². The summed E-state index contributed by atoms with van der Waals surface area (Å²) in [6.07, 6.45) is 56.8. The van der Waals surface area contributed by atoms with Gasteiger partial charge < -0.3 is 0 Å². The minimum Gasteiger partial charge on any atom is -0.0654 e. The number of hydrogen-bond donors (Lipinski definition) is 0. The first kappa shape index (κ1) is 59.5. The molecular weight excluding hydrogens is 901 g/mol. The van der Waals surface area contributed by atoms with Crippen molar-refractivity contribution in [2.24, 2.45) is 0 Å². The van der Waals surface area contributed by atoms with Crippen LogP contribution in [-0.2, 0) is 16.2 Å². The number of hydrogen-bond acceptors (Lipinski definition) is 0. The largest absolute Gasteiger partial charge is 0.0654 e. The Hall–Kier alpha value is -3.12. The molecule has 0 spiro atoms. The molecule has 0 amide bonds. The molecule has 3 aliphatic rings. The normalized spacial score (nSPS) is 15.0. The van der Waals surface area contributed by atoms with Gasteiger partial charge in [0, 0.05) is 16.2 Å². The Morgan fingerprint density at radius 3 is 0.587 bits per heavy atom. The second kappa shape index (κ2) is 31.5. The summed E-state index contributed by atoms with van der Waals surface area (Å²) in [6.45, 7) is 14.3. The van der Waals surface area contributed by atoms with Gasteiger partial charge in [-0.15, -0.1) is 0 Å². The summed E-state index contributed by atoms with van der Waals surface area (Å²) in [5.41, 5.74) is 20.8. The molecule has 0 heteroatoms. The van der Waals surface area contributed by atoms with Crippen molar-refractivity contribution in [2.75, 3.05) is 0 Å². The maximum absolute atomic E-state index is 2.69. The van der Waals surface area contributed by atoms with Crippen molar-refractivity contribution >= 4 is 0 Å². The Bertz CT molecular complexity index is 1930. The Labute approximate surface area is 464 Å². The molecule has 0 nitrogen and oxygen atoms in total. The molecular formula is C75H114. The quantitative estimate of drug-likeness (QED) is 0.0388. The highest BCUT2D eigenvalue weighted by atomic mass is 14.6. The van der Waals surface area contributed by atoms with E-state index in [0.29, 0.717) is 0 Å². The van der Waals surface area contributed by atoms with Gasteiger partial charge in [-0.1, -0.05) is 345 Å². The zero-order chi connectivity index (χ0) is 52.6. The zero-order valence-electron chi connectivity index (χ0n) is 50.1. The molecule has 0 fully saturated rings. The van der Waals surface area contributed by atoms with Gasteiger partial charge in [-0.3, -0.25) is 0 Å². The third kappa shape index (κ3) is 13.8. The second-order valence-electron chi connectivity index (χ2n) is 25.2. The van der Waals surface area contributed by atoms with E-state index in [0.717, 1.165) is 0 Å². The van der Waals surface area contributed by atoms with E-state index in [1.54, 1.807) is 50.1 Å². The molecule has 4 aromatic rings. The summed E-state index contributed by atoms with van der Waals surface area (Å²) in [5.74, 6) is 0. The van der Waals surface area contributed by atoms with Gasteiger partial charge in [0.15, 0.2) is 0 Å². The molecule has 0 unspecified atom stereocenters. The molecule has 0 saturated carbocycles. The van der Waals surface area contributed by atoms with E-state index < -0.39 is 0 Å². The highest BCUT2D eigenvalue weighted by molar-refractivity contribution is 6.05. The highest BCUT2D eigenvalue weighted by Crippen LogP contribution is 2.71. The topological polar surface area (TPSA) is 0 Å². The molecule has 3 aliphatic carbocycles. The monoisotopic (exact) mass is 1010 g/mol. The predicted octanol–water partition coefficient (Wildman–Crippen LogP) is 25.0. The molecule has 0 radical (unpaired) electrons. The summed E-state index contributed by atoms with van der Waals surface area (Å²) in [7, 11) is 0. The molecule has 0 saturated heterocycles. The van der Waals surface area contributed by atoms with Gasteiger partial charge in [0.05, 0.1) is 0 Å². The minimum absolute atomic E-state index is 0.0187. The molecule has 0 heterocycles. The molecule has 0 bridgehead atoms. The van der Waals surface area contributed by atoms with Gasteiger partial charge in [0.25, 0.3) is 0 Å². The third-order valence-corrected chi connectivity index (χ3v) is 19.8. The number of unbranched alkanes of at least 4 members (excludes halogenated alkanes) is 30. The van der Waals surface area contributed by atoms with E-state index in [1.807, 2.05) is 16.7 Å². The van der Waals surface area contributed by atoms with Crippen LogP contribution < -0.4 is 0 Å². The first-order chi connectivity index (χ1) is 37.0. The number of fused-ring (bicyclic) bond motifs is 12. The zero-order valence-corrected chi connectivity index (χ0v) is 50.1. The average molecular weight is 1020 g/mol. The van der Waals surface area contributed by atoms with Gasteiger partial charge in [-0.05, 0) is 105 Å². The van der Waals surface area contributed by atoms with Crippen LogP contribution in [0.2, 0.25) is 0 Å². The first-order valence-electron chi connectivity index (χ1n) is 33.6. The standard InChI is InChI=1S/C75H114/c1-7-13-19-25-31-43-55-73(56-44-32-26-20-14-8-2)64-52-40-37-49-61(64)67-70(73)68-62-50-38-41-53-65(62)74(57-45-33-27-21-15-9-3,58-46-34-28-22-16-10-4)72(68)69-63-51-39-42-54-66(63)75(71(67)69,59-47-35-29-23-17-11-5)60-48-36-30-24-18-12-6/h37-42,49-54H,7-36,43-48,55-60H2,1-6H3. The Kier molecular flexibility index (Phi) is 25.0. The van der Waals surface area contributed by atoms with Crippen LogP contribution in [0.3, 0.4) is 0 Å². The van der Waals surface area contributed by atoms with Gasteiger partial charge >= 0.3 is 0 Å². The van der Waals surface area contributed by atoms with Crippen LogP contribution in [0.4, 0.5) is 0 Å². The molecule has 75 heavy (non-hydrogen) atoms. The van der Waals surface area contributed by atoms with Gasteiger partial charge in [-0.2, -0.15) is 0 Å². The number of benzene rings is 4. The van der Waals surface area contributed by atoms with Crippen LogP contribution in [0.25, 0.3) is 33.4 Å². The molecule has 0 N–H and O–H groups in total. The predicted molar refractivity (Wildman–Crippen MR) is 333 cm³/mol. The van der Waals surface area contributed by atoms with Crippen LogP contribution in [0.5, 0.6) is 0 Å². The SMILES string of the molecule is CCCCCCCCC1(CCCCCCCC)c2ccccc2-c2c1c1c(c3c2C(CCCCCCCC)(CCCCCCCC)c2ccccc2-3)C(CCCCCCCC)(CCCCCCCC)c2ccccc2-1. The fourth-order valence-corrected chi connectivity index (χ4v) is 15.9. The lowest BCUT2D eigenvalue weighted by molar-refractivity contribution is 0.386. The fraction of sp³-hybridized carbons (Fsp3) is 0.680. The van der Waals surface area contributed by atoms with E-state index in [1.165, 1.54) is 270 Å². The van der Waals surface area contributed by atoms with E-state index in [2.05, 4.69) is 114 Å². The van der Waals surface area contributed by atoms with Crippen molar-refractivity contribution in [1.29, 1.82) is 0 Å². The Morgan fingerprint density at radius 1 is 0.213 bits per heavy atom. The van der Waals surface area contributed by atoms with Gasteiger partial charge in [0.1, 0.15) is 0 Å². The van der Waals surface area contributed by atoms with E-state index >= 15 is 0 Å². The van der Waals surface area contributed by atoms with Crippen LogP contribution >= 0.6 is 0 Å². The molecule has 0 aromatic heterocycles. The van der Waals surface area contributed by atoms with Gasteiger partial charge in [-0.25, -0.2) is 0 Å². The van der Waals surface area contributed by atoms with Crippen LogP contribution in [0, 0.1) is 0 Å². The smallest absolute Gasteiger partial charge is 0.0221 e. The maximum atomic E-state index is 2.69.